The number of hydrogen-bond donors (Lipinski definition) is 2. The van der Waals surface area contributed by atoms with Gasteiger partial charge in [-0.05, 0) is 39.5 Å². The van der Waals surface area contributed by atoms with Crippen LogP contribution in [-0.2, 0) is 19.1 Å². The lowest BCUT2D eigenvalue weighted by Gasteiger charge is -2.08. The fraction of sp³-hybridized carbons (Fsp3) is 0.550. The maximum absolute atomic E-state index is 12.0. The minimum absolute atomic E-state index is 0.0448. The molecule has 0 heterocycles. The predicted molar refractivity (Wildman–Crippen MR) is 104 cm³/mol. The van der Waals surface area contributed by atoms with E-state index in [0.717, 1.165) is 31.3 Å². The zero-order valence-corrected chi connectivity index (χ0v) is 16.6. The summed E-state index contributed by atoms with van der Waals surface area (Å²) in [5, 5.41) is 5.12. The Morgan fingerprint density at radius 3 is 2.23 bits per heavy atom. The zero-order chi connectivity index (χ0) is 20.4. The number of carbonyl (C=O) groups is 3. The van der Waals surface area contributed by atoms with Gasteiger partial charge in [-0.1, -0.05) is 24.6 Å². The molecule has 0 spiro atoms. The molecule has 0 saturated carbocycles. The molecule has 0 aromatic heterocycles. The van der Waals surface area contributed by atoms with Crippen molar-refractivity contribution in [2.24, 2.45) is 0 Å². The number of methoxy groups -OCH3 is 1. The van der Waals surface area contributed by atoms with Crippen LogP contribution in [-0.4, -0.2) is 38.5 Å². The average Bonchev–Trinajstić information content (AvgIpc) is 2.65. The van der Waals surface area contributed by atoms with E-state index in [-0.39, 0.29) is 18.4 Å². The number of esters is 1. The van der Waals surface area contributed by atoms with Gasteiger partial charge in [-0.3, -0.25) is 14.4 Å². The first-order valence-corrected chi connectivity index (χ1v) is 8.68. The van der Waals surface area contributed by atoms with Crippen molar-refractivity contribution in [1.29, 1.82) is 0 Å². The monoisotopic (exact) mass is 364 g/mol. The van der Waals surface area contributed by atoms with Crippen molar-refractivity contribution in [2.45, 2.75) is 52.9 Å². The first-order valence-electron chi connectivity index (χ1n) is 8.68. The standard InChI is InChI=1S/C17H28N2O4.C3H4/c1-5-13(9-7-8-10-15(20)18-3)11-14(6-2)17(22)19-12-16(21)23-4;1-3-2/h6,11H,5,7-10,12H2,1-4H3,(H,18,20)(H,19,22);1H,2H3/b13-11+,14-6+;. The second-order valence-corrected chi connectivity index (χ2v) is 5.33. The number of allylic oxidation sites excluding steroid dienone is 2. The second kappa shape index (κ2) is 17.3. The number of rotatable bonds is 10. The summed E-state index contributed by atoms with van der Waals surface area (Å²) >= 11 is 0. The molecule has 0 rings (SSSR count). The van der Waals surface area contributed by atoms with Crippen LogP contribution >= 0.6 is 0 Å². The molecular formula is C20H32N2O4. The molecule has 0 radical (unpaired) electrons. The molecule has 146 valence electrons. The number of nitrogens with one attached hydrogen (secondary N) is 2. The molecule has 6 nitrogen and oxygen atoms in total. The lowest BCUT2D eigenvalue weighted by molar-refractivity contribution is -0.140. The highest BCUT2D eigenvalue weighted by molar-refractivity contribution is 5.97. The van der Waals surface area contributed by atoms with Crippen molar-refractivity contribution in [3.8, 4) is 12.3 Å². The van der Waals surface area contributed by atoms with Crippen LogP contribution in [0, 0.1) is 12.3 Å². The van der Waals surface area contributed by atoms with Gasteiger partial charge in [0.1, 0.15) is 6.54 Å². The SMILES string of the molecule is C#CC.C/C=C(\C=C(/CC)CCCCC(=O)NC)C(=O)NCC(=O)OC. The van der Waals surface area contributed by atoms with Crippen molar-refractivity contribution in [2.75, 3.05) is 20.7 Å². The molecule has 0 aromatic carbocycles. The van der Waals surface area contributed by atoms with Crippen molar-refractivity contribution in [3.05, 3.63) is 23.3 Å². The molecular weight excluding hydrogens is 332 g/mol. The summed E-state index contributed by atoms with van der Waals surface area (Å²) in [7, 11) is 2.91. The quantitative estimate of drug-likeness (QED) is 0.205. The summed E-state index contributed by atoms with van der Waals surface area (Å²) in [6.45, 7) is 5.32. The van der Waals surface area contributed by atoms with E-state index in [1.54, 1.807) is 27.0 Å². The van der Waals surface area contributed by atoms with Crippen LogP contribution in [0.3, 0.4) is 0 Å². The zero-order valence-electron chi connectivity index (χ0n) is 16.6. The molecule has 0 unspecified atom stereocenters. The van der Waals surface area contributed by atoms with E-state index in [4.69, 9.17) is 0 Å². The molecule has 0 bridgehead atoms. The van der Waals surface area contributed by atoms with E-state index in [1.165, 1.54) is 7.11 Å². The normalized spacial score (nSPS) is 10.8. The Morgan fingerprint density at radius 1 is 1.19 bits per heavy atom. The lowest BCUT2D eigenvalue weighted by atomic mass is 10.0. The third-order valence-electron chi connectivity index (χ3n) is 3.44. The number of unbranched alkanes of at least 4 members (excludes halogenated alkanes) is 1. The fourth-order valence-electron chi connectivity index (χ4n) is 1.94. The smallest absolute Gasteiger partial charge is 0.325 e. The minimum atomic E-state index is -0.484. The number of terminal acetylenes is 1. The first-order chi connectivity index (χ1) is 12.4. The summed E-state index contributed by atoms with van der Waals surface area (Å²) in [6, 6.07) is 0. The summed E-state index contributed by atoms with van der Waals surface area (Å²) in [4.78, 5) is 34.2. The van der Waals surface area contributed by atoms with Gasteiger partial charge in [0.05, 0.1) is 7.11 Å². The fourth-order valence-corrected chi connectivity index (χ4v) is 1.94. The highest BCUT2D eigenvalue weighted by atomic mass is 16.5. The van der Waals surface area contributed by atoms with Crippen LogP contribution in [0.15, 0.2) is 23.3 Å². The topological polar surface area (TPSA) is 84.5 Å². The van der Waals surface area contributed by atoms with Crippen LogP contribution in [0.25, 0.3) is 0 Å². The van der Waals surface area contributed by atoms with Gasteiger partial charge in [0.2, 0.25) is 5.91 Å². The highest BCUT2D eigenvalue weighted by Gasteiger charge is 2.09. The van der Waals surface area contributed by atoms with E-state index in [2.05, 4.69) is 27.7 Å². The maximum atomic E-state index is 12.0. The van der Waals surface area contributed by atoms with Gasteiger partial charge < -0.3 is 15.4 Å². The van der Waals surface area contributed by atoms with Gasteiger partial charge >= 0.3 is 5.97 Å². The molecule has 2 N–H and O–H groups in total. The second-order valence-electron chi connectivity index (χ2n) is 5.33. The van der Waals surface area contributed by atoms with Crippen LogP contribution in [0.5, 0.6) is 0 Å². The third kappa shape index (κ3) is 13.8. The molecule has 6 heteroatoms. The van der Waals surface area contributed by atoms with Crippen LogP contribution in [0.2, 0.25) is 0 Å². The molecule has 0 aromatic rings. The van der Waals surface area contributed by atoms with Gasteiger partial charge in [0.15, 0.2) is 0 Å². The summed E-state index contributed by atoms with van der Waals surface area (Å²) in [5.41, 5.74) is 1.67. The van der Waals surface area contributed by atoms with E-state index >= 15 is 0 Å². The first kappa shape index (κ1) is 25.7. The Hall–Kier alpha value is -2.55. The summed E-state index contributed by atoms with van der Waals surface area (Å²) in [5.74, 6) is 1.51. The molecule has 26 heavy (non-hydrogen) atoms. The van der Waals surface area contributed by atoms with E-state index in [0.29, 0.717) is 12.0 Å². The van der Waals surface area contributed by atoms with Crippen molar-refractivity contribution in [1.82, 2.24) is 10.6 Å². The largest absolute Gasteiger partial charge is 0.468 e. The Kier molecular flexibility index (Phi) is 17.1. The van der Waals surface area contributed by atoms with Gasteiger partial charge in [0.25, 0.3) is 5.91 Å². The van der Waals surface area contributed by atoms with E-state index in [9.17, 15) is 14.4 Å². The Morgan fingerprint density at radius 2 is 1.77 bits per heavy atom. The van der Waals surface area contributed by atoms with E-state index < -0.39 is 5.97 Å². The lowest BCUT2D eigenvalue weighted by Crippen LogP contribution is -2.30. The van der Waals surface area contributed by atoms with Gasteiger partial charge in [0, 0.05) is 19.0 Å². The molecule has 2 amide bonds. The summed E-state index contributed by atoms with van der Waals surface area (Å²) < 4.78 is 4.49. The molecule has 0 aliphatic heterocycles. The molecule has 0 atom stereocenters. The molecule has 0 saturated heterocycles. The summed E-state index contributed by atoms with van der Waals surface area (Å²) in [6.07, 6.45) is 12.1. The van der Waals surface area contributed by atoms with Gasteiger partial charge in [-0.25, -0.2) is 0 Å². The number of ether oxygens (including phenoxy) is 1. The number of carbonyl (C=O) groups excluding carboxylic acids is 3. The Bertz CT molecular complexity index is 543. The predicted octanol–water partition coefficient (Wildman–Crippen LogP) is 2.50. The van der Waals surface area contributed by atoms with Gasteiger partial charge in [-0.15, -0.1) is 12.3 Å². The number of amides is 2. The van der Waals surface area contributed by atoms with Crippen molar-refractivity contribution < 1.29 is 19.1 Å². The molecule has 0 aliphatic rings. The maximum Gasteiger partial charge on any atom is 0.325 e. The third-order valence-corrected chi connectivity index (χ3v) is 3.44. The van der Waals surface area contributed by atoms with Crippen molar-refractivity contribution >= 4 is 17.8 Å². The number of hydrogen-bond acceptors (Lipinski definition) is 4. The molecule has 0 fully saturated rings. The van der Waals surface area contributed by atoms with Crippen LogP contribution in [0.4, 0.5) is 0 Å². The van der Waals surface area contributed by atoms with Crippen LogP contribution in [0.1, 0.15) is 52.9 Å². The van der Waals surface area contributed by atoms with E-state index in [1.807, 2.05) is 13.0 Å². The minimum Gasteiger partial charge on any atom is -0.468 e. The van der Waals surface area contributed by atoms with Crippen LogP contribution < -0.4 is 10.6 Å². The highest BCUT2D eigenvalue weighted by Crippen LogP contribution is 2.15. The molecule has 0 aliphatic carbocycles. The Labute approximate surface area is 157 Å². The average molecular weight is 364 g/mol. The van der Waals surface area contributed by atoms with Gasteiger partial charge in [-0.2, -0.15) is 0 Å². The van der Waals surface area contributed by atoms with Crippen molar-refractivity contribution in [3.63, 3.8) is 0 Å². The Balaban J connectivity index is 0.